The van der Waals surface area contributed by atoms with Gasteiger partial charge in [0.25, 0.3) is 11.6 Å². The van der Waals surface area contributed by atoms with Crippen LogP contribution in [0.4, 0.5) is 11.4 Å². The van der Waals surface area contributed by atoms with Gasteiger partial charge in [-0.25, -0.2) is 0 Å². The number of furan rings is 1. The fourth-order valence-electron chi connectivity index (χ4n) is 2.99. The highest BCUT2D eigenvalue weighted by Gasteiger charge is 2.33. The van der Waals surface area contributed by atoms with Crippen molar-refractivity contribution in [1.29, 1.82) is 0 Å². The maximum absolute atomic E-state index is 12.9. The average Bonchev–Trinajstić information content (AvgIpc) is 3.29. The van der Waals surface area contributed by atoms with E-state index in [1.807, 2.05) is 0 Å². The Morgan fingerprint density at radius 1 is 1.23 bits per heavy atom. The Hall–Kier alpha value is -2.46. The lowest BCUT2D eigenvalue weighted by Gasteiger charge is -2.15. The molecule has 1 aliphatic heterocycles. The summed E-state index contributed by atoms with van der Waals surface area (Å²) in [5.74, 6) is 0.620. The summed E-state index contributed by atoms with van der Waals surface area (Å²) in [6, 6.07) is 13.5. The van der Waals surface area contributed by atoms with Gasteiger partial charge in [0, 0.05) is 27.7 Å². The van der Waals surface area contributed by atoms with Crippen molar-refractivity contribution in [3.63, 3.8) is 0 Å². The largest absolute Gasteiger partial charge is 0.457 e. The molecule has 0 atom stereocenters. The van der Waals surface area contributed by atoms with Crippen LogP contribution in [0, 0.1) is 17.0 Å². The number of thiocarbonyl (C=S) groups is 1. The minimum atomic E-state index is -0.428. The number of carbonyl (C=O) groups excluding carboxylic acids is 1. The zero-order valence-corrected chi connectivity index (χ0v) is 19.8. The predicted octanol–water partition coefficient (Wildman–Crippen LogP) is 6.98. The van der Waals surface area contributed by atoms with E-state index in [9.17, 15) is 14.9 Å². The van der Waals surface area contributed by atoms with E-state index in [2.05, 4.69) is 15.9 Å². The highest BCUT2D eigenvalue weighted by Crippen LogP contribution is 2.38. The number of aryl methyl sites for hydroxylation is 1. The van der Waals surface area contributed by atoms with Crippen molar-refractivity contribution < 1.29 is 14.1 Å². The van der Waals surface area contributed by atoms with Crippen LogP contribution in [0.2, 0.25) is 5.02 Å². The van der Waals surface area contributed by atoms with Gasteiger partial charge >= 0.3 is 0 Å². The molecule has 2 aromatic carbocycles. The number of nitro groups is 1. The molecule has 2 heterocycles. The molecular weight excluding hydrogens is 524 g/mol. The fourth-order valence-corrected chi connectivity index (χ4v) is 4.69. The Morgan fingerprint density at radius 3 is 2.71 bits per heavy atom. The van der Waals surface area contributed by atoms with Crippen LogP contribution in [0.15, 0.2) is 62.3 Å². The molecule has 0 N–H and O–H groups in total. The summed E-state index contributed by atoms with van der Waals surface area (Å²) in [6.45, 7) is 1.68. The molecular formula is C21H12BrClN2O4S2. The van der Waals surface area contributed by atoms with Gasteiger partial charge in [0.1, 0.15) is 11.5 Å². The summed E-state index contributed by atoms with van der Waals surface area (Å²) >= 11 is 16.0. The molecule has 156 valence electrons. The van der Waals surface area contributed by atoms with Crippen molar-refractivity contribution in [3.8, 4) is 11.3 Å². The second-order valence-corrected chi connectivity index (χ2v) is 9.51. The van der Waals surface area contributed by atoms with Crippen molar-refractivity contribution in [2.24, 2.45) is 0 Å². The van der Waals surface area contributed by atoms with E-state index >= 15 is 0 Å². The van der Waals surface area contributed by atoms with E-state index in [-0.39, 0.29) is 11.6 Å². The van der Waals surface area contributed by atoms with Crippen LogP contribution >= 0.6 is 51.5 Å². The van der Waals surface area contributed by atoms with Crippen LogP contribution in [0.5, 0.6) is 0 Å². The van der Waals surface area contributed by atoms with Gasteiger partial charge in [0.15, 0.2) is 4.32 Å². The van der Waals surface area contributed by atoms with Crippen LogP contribution < -0.4 is 4.90 Å². The molecule has 1 saturated heterocycles. The monoisotopic (exact) mass is 534 g/mol. The van der Waals surface area contributed by atoms with Crippen molar-refractivity contribution >= 4 is 79.2 Å². The van der Waals surface area contributed by atoms with Gasteiger partial charge in [-0.3, -0.25) is 19.8 Å². The molecule has 6 nitrogen and oxygen atoms in total. The molecule has 1 amide bonds. The first-order valence-electron chi connectivity index (χ1n) is 8.83. The van der Waals surface area contributed by atoms with Crippen LogP contribution in [-0.4, -0.2) is 15.2 Å². The lowest BCUT2D eigenvalue weighted by atomic mass is 10.1. The Bertz CT molecular complexity index is 1290. The number of hydrogen-bond acceptors (Lipinski definition) is 6. The number of thioether (sulfide) groups is 1. The first-order chi connectivity index (χ1) is 14.7. The molecule has 0 unspecified atom stereocenters. The number of anilines is 1. The minimum absolute atomic E-state index is 0.0180. The lowest BCUT2D eigenvalue weighted by Crippen LogP contribution is -2.27. The van der Waals surface area contributed by atoms with E-state index in [1.54, 1.807) is 55.5 Å². The summed E-state index contributed by atoms with van der Waals surface area (Å²) in [5, 5.41) is 11.7. The smallest absolute Gasteiger partial charge is 0.273 e. The summed E-state index contributed by atoms with van der Waals surface area (Å²) in [5.41, 5.74) is 1.74. The molecule has 31 heavy (non-hydrogen) atoms. The summed E-state index contributed by atoms with van der Waals surface area (Å²) in [7, 11) is 0. The molecule has 0 saturated carbocycles. The van der Waals surface area contributed by atoms with Crippen molar-refractivity contribution in [2.45, 2.75) is 6.92 Å². The van der Waals surface area contributed by atoms with Crippen molar-refractivity contribution in [1.82, 2.24) is 0 Å². The minimum Gasteiger partial charge on any atom is -0.457 e. The molecule has 1 fully saturated rings. The molecule has 0 aliphatic carbocycles. The number of nitrogens with zero attached hydrogens (tertiary/aromatic N) is 2. The van der Waals surface area contributed by atoms with Crippen LogP contribution in [0.25, 0.3) is 17.4 Å². The summed E-state index contributed by atoms with van der Waals surface area (Å²) in [6.07, 6.45) is 1.60. The quantitative estimate of drug-likeness (QED) is 0.155. The molecule has 0 bridgehead atoms. The number of nitro benzene ring substituents is 1. The number of amides is 1. The molecule has 10 heteroatoms. The second-order valence-electron chi connectivity index (χ2n) is 6.58. The van der Waals surface area contributed by atoms with Gasteiger partial charge < -0.3 is 4.42 Å². The number of halogens is 2. The van der Waals surface area contributed by atoms with Crippen LogP contribution in [-0.2, 0) is 4.79 Å². The maximum Gasteiger partial charge on any atom is 0.273 e. The first-order valence-corrected chi connectivity index (χ1v) is 11.2. The molecule has 1 aliphatic rings. The number of rotatable bonds is 4. The highest BCUT2D eigenvalue weighted by atomic mass is 79.9. The molecule has 0 spiro atoms. The number of hydrogen-bond donors (Lipinski definition) is 0. The van der Waals surface area contributed by atoms with Crippen LogP contribution in [0.3, 0.4) is 0 Å². The third-order valence-electron chi connectivity index (χ3n) is 4.55. The molecule has 3 aromatic rings. The number of benzene rings is 2. The highest BCUT2D eigenvalue weighted by molar-refractivity contribution is 9.10. The zero-order chi connectivity index (χ0) is 22.3. The van der Waals surface area contributed by atoms with E-state index in [1.165, 1.54) is 11.0 Å². The normalized spacial score (nSPS) is 15.2. The fraction of sp³-hybridized carbons (Fsp3) is 0.0476. The van der Waals surface area contributed by atoms with Gasteiger partial charge in [-0.1, -0.05) is 47.7 Å². The van der Waals surface area contributed by atoms with E-state index < -0.39 is 4.92 Å². The number of carbonyl (C=O) groups is 1. The van der Waals surface area contributed by atoms with Gasteiger partial charge in [0.2, 0.25) is 0 Å². The maximum atomic E-state index is 12.9. The third kappa shape index (κ3) is 4.31. The second kappa shape index (κ2) is 8.58. The van der Waals surface area contributed by atoms with Gasteiger partial charge in [-0.05, 0) is 53.2 Å². The Morgan fingerprint density at radius 2 is 2.00 bits per heavy atom. The van der Waals surface area contributed by atoms with E-state index in [4.69, 9.17) is 28.2 Å². The van der Waals surface area contributed by atoms with Gasteiger partial charge in [-0.2, -0.15) is 0 Å². The molecule has 1 aromatic heterocycles. The Labute approximate surface area is 200 Å². The van der Waals surface area contributed by atoms with E-state index in [0.29, 0.717) is 42.6 Å². The SMILES string of the molecule is Cc1ccc(-c2ccc(/C=C3/SC(=S)N(c4ccc(Br)c(Cl)c4)C3=O)o2)cc1[N+](=O)[O-]. The summed E-state index contributed by atoms with van der Waals surface area (Å²) < 4.78 is 6.92. The molecule has 0 radical (unpaired) electrons. The predicted molar refractivity (Wildman–Crippen MR) is 130 cm³/mol. The van der Waals surface area contributed by atoms with E-state index in [0.717, 1.165) is 16.2 Å². The first kappa shape index (κ1) is 21.8. The topological polar surface area (TPSA) is 76.6 Å². The van der Waals surface area contributed by atoms with Crippen LogP contribution in [0.1, 0.15) is 11.3 Å². The van der Waals surface area contributed by atoms with Crippen molar-refractivity contribution in [3.05, 3.63) is 84.4 Å². The lowest BCUT2D eigenvalue weighted by molar-refractivity contribution is -0.385. The Balaban J connectivity index is 1.62. The van der Waals surface area contributed by atoms with Crippen molar-refractivity contribution in [2.75, 3.05) is 4.90 Å². The molecule has 4 rings (SSSR count). The zero-order valence-electron chi connectivity index (χ0n) is 15.8. The average molecular weight is 536 g/mol. The standard InChI is InChI=1S/C21H12BrClN2O4S2/c1-11-2-3-12(8-17(11)25(27)28)18-7-5-14(29-18)10-19-20(26)24(21(30)31-19)13-4-6-15(22)16(23)9-13/h2-10H,1H3/b19-10+. The van der Waals surface area contributed by atoms with Gasteiger partial charge in [-0.15, -0.1) is 0 Å². The summed E-state index contributed by atoms with van der Waals surface area (Å²) in [4.78, 5) is 25.5. The third-order valence-corrected chi connectivity index (χ3v) is 7.08. The Kier molecular flexibility index (Phi) is 6.02. The van der Waals surface area contributed by atoms with Gasteiger partial charge in [0.05, 0.1) is 20.5 Å².